The van der Waals surface area contributed by atoms with E-state index in [1.807, 2.05) is 0 Å². The van der Waals surface area contributed by atoms with E-state index in [9.17, 15) is 8.42 Å². The molecule has 7 heteroatoms. The van der Waals surface area contributed by atoms with Crippen molar-refractivity contribution in [2.75, 3.05) is 18.1 Å². The van der Waals surface area contributed by atoms with Gasteiger partial charge in [-0.3, -0.25) is 4.99 Å². The molecule has 5 nitrogen and oxygen atoms in total. The van der Waals surface area contributed by atoms with E-state index in [0.717, 1.165) is 24.2 Å². The molecule has 1 heterocycles. The predicted molar refractivity (Wildman–Crippen MR) is 126 cm³/mol. The van der Waals surface area contributed by atoms with Crippen molar-refractivity contribution in [3.05, 3.63) is 0 Å². The van der Waals surface area contributed by atoms with Crippen LogP contribution >= 0.6 is 24.0 Å². The Morgan fingerprint density at radius 1 is 1.11 bits per heavy atom. The molecule has 4 rings (SSSR count). The lowest BCUT2D eigenvalue weighted by molar-refractivity contribution is 0.209. The average molecular weight is 524 g/mol. The van der Waals surface area contributed by atoms with Crippen molar-refractivity contribution in [3.8, 4) is 0 Å². The van der Waals surface area contributed by atoms with Crippen LogP contribution in [-0.4, -0.2) is 44.5 Å². The highest BCUT2D eigenvalue weighted by molar-refractivity contribution is 14.0. The van der Waals surface area contributed by atoms with Gasteiger partial charge < -0.3 is 10.6 Å². The number of rotatable bonds is 4. The second-order valence-corrected chi connectivity index (χ2v) is 12.7. The van der Waals surface area contributed by atoms with Crippen molar-refractivity contribution >= 4 is 39.8 Å². The normalized spacial score (nSPS) is 38.8. The van der Waals surface area contributed by atoms with Crippen LogP contribution in [0.15, 0.2) is 4.99 Å². The lowest BCUT2D eigenvalue weighted by atomic mass is 9.75. The molecule has 4 aliphatic rings. The van der Waals surface area contributed by atoms with Gasteiger partial charge in [-0.25, -0.2) is 8.42 Å². The maximum atomic E-state index is 11.8. The van der Waals surface area contributed by atoms with Crippen LogP contribution < -0.4 is 10.6 Å². The topological polar surface area (TPSA) is 70.6 Å². The molecule has 0 aromatic heterocycles. The largest absolute Gasteiger partial charge is 0.354 e. The van der Waals surface area contributed by atoms with Crippen LogP contribution in [-0.2, 0) is 9.84 Å². The number of sulfone groups is 1. The monoisotopic (exact) mass is 523 g/mol. The van der Waals surface area contributed by atoms with Gasteiger partial charge in [0.25, 0.3) is 0 Å². The summed E-state index contributed by atoms with van der Waals surface area (Å²) in [5, 5.41) is 7.49. The number of hydrogen-bond acceptors (Lipinski definition) is 3. The second-order valence-electron chi connectivity index (χ2n) is 10.5. The SMILES string of the molecule is CC1(C)CCCC(NC(=NCC2CCS(=O)(=O)C2)NC2CC3CCC2C3)C1.I. The molecule has 2 N–H and O–H groups in total. The summed E-state index contributed by atoms with van der Waals surface area (Å²) in [6.45, 7) is 5.36. The van der Waals surface area contributed by atoms with Gasteiger partial charge in [0.05, 0.1) is 11.5 Å². The van der Waals surface area contributed by atoms with Gasteiger partial charge in [-0.15, -0.1) is 24.0 Å². The minimum absolute atomic E-state index is 0. The highest BCUT2D eigenvalue weighted by atomic mass is 127. The molecule has 1 aliphatic heterocycles. The molecular weight excluding hydrogens is 485 g/mol. The lowest BCUT2D eigenvalue weighted by Crippen LogP contribution is -2.50. The molecule has 0 amide bonds. The van der Waals surface area contributed by atoms with E-state index < -0.39 is 9.84 Å². The molecule has 0 radical (unpaired) electrons. The maximum absolute atomic E-state index is 11.8. The Labute approximate surface area is 188 Å². The molecule has 1 saturated heterocycles. The fourth-order valence-electron chi connectivity index (χ4n) is 5.98. The fraction of sp³-hybridized carbons (Fsp3) is 0.952. The zero-order valence-electron chi connectivity index (χ0n) is 17.5. The smallest absolute Gasteiger partial charge is 0.191 e. The lowest BCUT2D eigenvalue weighted by Gasteiger charge is -2.37. The highest BCUT2D eigenvalue weighted by Crippen LogP contribution is 2.44. The van der Waals surface area contributed by atoms with Crippen LogP contribution in [0.25, 0.3) is 0 Å². The van der Waals surface area contributed by atoms with Crippen LogP contribution in [0.4, 0.5) is 0 Å². The van der Waals surface area contributed by atoms with Crippen LogP contribution in [0.1, 0.15) is 71.6 Å². The standard InChI is InChI=1S/C21H37N3O2S.HI/c1-21(2)8-3-4-18(12-21)23-20(22-13-16-7-9-27(25,26)14-16)24-19-11-15-5-6-17(19)10-15;/h15-19H,3-14H2,1-2H3,(H2,22,23,24);1H. The Kier molecular flexibility index (Phi) is 7.26. The second kappa shape index (κ2) is 8.98. The average Bonchev–Trinajstić information content (AvgIpc) is 3.27. The van der Waals surface area contributed by atoms with E-state index in [1.54, 1.807) is 0 Å². The van der Waals surface area contributed by atoms with Crippen LogP contribution in [0.2, 0.25) is 0 Å². The molecule has 162 valence electrons. The summed E-state index contributed by atoms with van der Waals surface area (Å²) < 4.78 is 23.5. The molecule has 3 saturated carbocycles. The fourth-order valence-corrected chi connectivity index (χ4v) is 7.83. The van der Waals surface area contributed by atoms with Crippen molar-refractivity contribution in [1.82, 2.24) is 10.6 Å². The van der Waals surface area contributed by atoms with E-state index in [4.69, 9.17) is 4.99 Å². The molecule has 0 aromatic rings. The summed E-state index contributed by atoms with van der Waals surface area (Å²) in [6.07, 6.45) is 11.1. The highest BCUT2D eigenvalue weighted by Gasteiger charge is 2.40. The summed E-state index contributed by atoms with van der Waals surface area (Å²) in [4.78, 5) is 4.89. The summed E-state index contributed by atoms with van der Waals surface area (Å²) in [7, 11) is -2.83. The quantitative estimate of drug-likeness (QED) is 0.335. The summed E-state index contributed by atoms with van der Waals surface area (Å²) >= 11 is 0. The Morgan fingerprint density at radius 3 is 2.54 bits per heavy atom. The molecular formula is C21H38IN3O2S. The van der Waals surface area contributed by atoms with Gasteiger partial charge in [0, 0.05) is 18.6 Å². The third-order valence-electron chi connectivity index (χ3n) is 7.44. The number of aliphatic imine (C=N–C) groups is 1. The number of halogens is 1. The third-order valence-corrected chi connectivity index (χ3v) is 9.28. The number of nitrogens with one attached hydrogen (secondary N) is 2. The van der Waals surface area contributed by atoms with E-state index in [-0.39, 0.29) is 29.9 Å². The van der Waals surface area contributed by atoms with Crippen LogP contribution in [0, 0.1) is 23.2 Å². The number of fused-ring (bicyclic) bond motifs is 2. The third kappa shape index (κ3) is 5.76. The van der Waals surface area contributed by atoms with Gasteiger partial charge in [0.15, 0.2) is 15.8 Å². The molecule has 5 atom stereocenters. The van der Waals surface area contributed by atoms with E-state index >= 15 is 0 Å². The first-order valence-electron chi connectivity index (χ1n) is 11.1. The summed E-state index contributed by atoms with van der Waals surface area (Å²) in [6, 6.07) is 1.03. The van der Waals surface area contributed by atoms with Gasteiger partial charge in [-0.2, -0.15) is 0 Å². The first-order chi connectivity index (χ1) is 12.8. The maximum Gasteiger partial charge on any atom is 0.191 e. The Balaban J connectivity index is 0.00000225. The predicted octanol–water partition coefficient (Wildman–Crippen LogP) is 3.73. The molecule has 5 unspecified atom stereocenters. The molecule has 0 aromatic carbocycles. The number of hydrogen-bond donors (Lipinski definition) is 2. The van der Waals surface area contributed by atoms with Gasteiger partial charge in [0.1, 0.15) is 0 Å². The molecule has 4 fully saturated rings. The molecule has 28 heavy (non-hydrogen) atoms. The van der Waals surface area contributed by atoms with Crippen molar-refractivity contribution in [1.29, 1.82) is 0 Å². The zero-order chi connectivity index (χ0) is 19.1. The Hall–Kier alpha value is -0.0500. The van der Waals surface area contributed by atoms with Crippen molar-refractivity contribution < 1.29 is 8.42 Å². The molecule has 2 bridgehead atoms. The van der Waals surface area contributed by atoms with E-state index in [1.165, 1.54) is 51.4 Å². The van der Waals surface area contributed by atoms with E-state index in [2.05, 4.69) is 24.5 Å². The minimum Gasteiger partial charge on any atom is -0.354 e. The molecule has 3 aliphatic carbocycles. The van der Waals surface area contributed by atoms with Crippen molar-refractivity contribution in [2.24, 2.45) is 28.2 Å². The van der Waals surface area contributed by atoms with Crippen LogP contribution in [0.5, 0.6) is 0 Å². The van der Waals surface area contributed by atoms with Crippen molar-refractivity contribution in [3.63, 3.8) is 0 Å². The summed E-state index contributed by atoms with van der Waals surface area (Å²) in [5.41, 5.74) is 0.396. The van der Waals surface area contributed by atoms with Crippen LogP contribution in [0.3, 0.4) is 0 Å². The van der Waals surface area contributed by atoms with Gasteiger partial charge in [0.2, 0.25) is 0 Å². The van der Waals surface area contributed by atoms with Gasteiger partial charge in [-0.1, -0.05) is 26.7 Å². The van der Waals surface area contributed by atoms with Gasteiger partial charge >= 0.3 is 0 Å². The van der Waals surface area contributed by atoms with E-state index in [0.29, 0.717) is 35.5 Å². The summed E-state index contributed by atoms with van der Waals surface area (Å²) in [5.74, 6) is 3.50. The van der Waals surface area contributed by atoms with Crippen molar-refractivity contribution in [2.45, 2.75) is 83.7 Å². The number of nitrogens with zero attached hydrogens (tertiary/aromatic N) is 1. The molecule has 0 spiro atoms. The Morgan fingerprint density at radius 2 is 1.93 bits per heavy atom. The Bertz CT molecular complexity index is 679. The zero-order valence-corrected chi connectivity index (χ0v) is 20.6. The van der Waals surface area contributed by atoms with Gasteiger partial charge in [-0.05, 0) is 68.1 Å². The minimum atomic E-state index is -2.83. The first kappa shape index (κ1) is 22.6. The number of guanidine groups is 1. The first-order valence-corrected chi connectivity index (χ1v) is 12.9.